The molecule has 4 heterocycles. The molecule has 4 N–H and O–H groups in total. The summed E-state index contributed by atoms with van der Waals surface area (Å²) in [6.07, 6.45) is 6.81. The van der Waals surface area contributed by atoms with Gasteiger partial charge in [0.2, 0.25) is 5.95 Å². The van der Waals surface area contributed by atoms with Crippen LogP contribution in [-0.2, 0) is 16.7 Å². The molecule has 0 aliphatic carbocycles. The number of urea groups is 1. The van der Waals surface area contributed by atoms with Crippen LogP contribution in [0.3, 0.4) is 0 Å². The molecule has 0 radical (unpaired) electrons. The Kier molecular flexibility index (Phi) is 7.75. The van der Waals surface area contributed by atoms with E-state index < -0.39 is 6.03 Å². The highest BCUT2D eigenvalue weighted by atomic mass is 16.5. The standard InChI is InChI=1S/C32H35N9O2/c1-32(2,3)27-19-37-41(23-17-35-30(33)36-18-23)29(27)39-31(42)38-28-11-10-24(25-6-4-5-7-26(25)28)21-8-9-22(34-16-21)20-40-12-14-43-15-13-40/h4-11,16-19H,12-15,20H2,1-3H3,(H2,33,35,36)(H2,38,39,42). The number of morpholine rings is 1. The van der Waals surface area contributed by atoms with Crippen molar-refractivity contribution in [1.29, 1.82) is 0 Å². The number of benzene rings is 2. The van der Waals surface area contributed by atoms with Gasteiger partial charge in [-0.15, -0.1) is 0 Å². The van der Waals surface area contributed by atoms with Gasteiger partial charge in [-0.2, -0.15) is 5.10 Å². The Bertz CT molecular complexity index is 1740. The topological polar surface area (TPSA) is 136 Å². The number of pyridine rings is 1. The number of nitrogens with two attached hydrogens (primary N) is 1. The number of aromatic nitrogens is 5. The zero-order chi connectivity index (χ0) is 30.0. The first kappa shape index (κ1) is 28.3. The van der Waals surface area contributed by atoms with Crippen molar-refractivity contribution >= 4 is 34.3 Å². The fourth-order valence-electron chi connectivity index (χ4n) is 5.24. The lowest BCUT2D eigenvalue weighted by Crippen LogP contribution is -2.35. The zero-order valence-electron chi connectivity index (χ0n) is 24.5. The van der Waals surface area contributed by atoms with Gasteiger partial charge in [0, 0.05) is 42.3 Å². The van der Waals surface area contributed by atoms with E-state index in [0.717, 1.165) is 66.0 Å². The lowest BCUT2D eigenvalue weighted by molar-refractivity contribution is 0.0336. The van der Waals surface area contributed by atoms with Gasteiger partial charge in [-0.1, -0.05) is 57.2 Å². The molecule has 220 valence electrons. The summed E-state index contributed by atoms with van der Waals surface area (Å²) in [6.45, 7) is 10.4. The minimum absolute atomic E-state index is 0.161. The SMILES string of the molecule is CC(C)(C)c1cnn(-c2cnc(N)nc2)c1NC(=O)Nc1ccc(-c2ccc(CN3CCOCC3)nc2)c2ccccc12. The molecule has 5 aromatic rings. The molecule has 11 nitrogen and oxygen atoms in total. The van der Waals surface area contributed by atoms with E-state index in [0.29, 0.717) is 17.2 Å². The third kappa shape index (κ3) is 6.18. The van der Waals surface area contributed by atoms with Crippen LogP contribution >= 0.6 is 0 Å². The molecule has 11 heteroatoms. The summed E-state index contributed by atoms with van der Waals surface area (Å²) in [5.41, 5.74) is 10.6. The summed E-state index contributed by atoms with van der Waals surface area (Å²) in [7, 11) is 0. The molecule has 0 spiro atoms. The first-order chi connectivity index (χ1) is 20.8. The quantitative estimate of drug-likeness (QED) is 0.250. The van der Waals surface area contributed by atoms with Crippen LogP contribution in [-0.4, -0.2) is 62.0 Å². The van der Waals surface area contributed by atoms with Crippen LogP contribution in [0, 0.1) is 0 Å². The van der Waals surface area contributed by atoms with E-state index in [9.17, 15) is 4.79 Å². The molecule has 2 aromatic carbocycles. The van der Waals surface area contributed by atoms with Crippen LogP contribution in [0.15, 0.2) is 73.3 Å². The van der Waals surface area contributed by atoms with E-state index in [1.165, 1.54) is 0 Å². The maximum Gasteiger partial charge on any atom is 0.324 e. The second-order valence-electron chi connectivity index (χ2n) is 11.6. The summed E-state index contributed by atoms with van der Waals surface area (Å²) in [6, 6.07) is 15.8. The van der Waals surface area contributed by atoms with Crippen molar-refractivity contribution in [3.05, 3.63) is 84.6 Å². The molecule has 3 aromatic heterocycles. The van der Waals surface area contributed by atoms with Crippen LogP contribution in [0.25, 0.3) is 27.6 Å². The minimum atomic E-state index is -0.393. The van der Waals surface area contributed by atoms with Gasteiger partial charge >= 0.3 is 6.03 Å². The van der Waals surface area contributed by atoms with Crippen molar-refractivity contribution in [1.82, 2.24) is 29.6 Å². The van der Waals surface area contributed by atoms with Gasteiger partial charge in [-0.25, -0.2) is 19.4 Å². The zero-order valence-corrected chi connectivity index (χ0v) is 24.5. The van der Waals surface area contributed by atoms with E-state index in [1.54, 1.807) is 23.3 Å². The number of carbonyl (C=O) groups is 1. The summed E-state index contributed by atoms with van der Waals surface area (Å²) in [4.78, 5) is 28.7. The Morgan fingerprint density at radius 2 is 1.65 bits per heavy atom. The maximum absolute atomic E-state index is 13.5. The van der Waals surface area contributed by atoms with Crippen molar-refractivity contribution in [2.24, 2.45) is 0 Å². The van der Waals surface area contributed by atoms with E-state index in [-0.39, 0.29) is 11.4 Å². The number of fused-ring (bicyclic) bond motifs is 1. The van der Waals surface area contributed by atoms with E-state index in [1.807, 2.05) is 36.5 Å². The number of anilines is 3. The molecule has 0 bridgehead atoms. The summed E-state index contributed by atoms with van der Waals surface area (Å²) >= 11 is 0. The Balaban J connectivity index is 1.25. The average molecular weight is 578 g/mol. The number of nitrogens with one attached hydrogen (secondary N) is 2. The number of hydrogen-bond donors (Lipinski definition) is 3. The predicted molar refractivity (Wildman–Crippen MR) is 168 cm³/mol. The highest BCUT2D eigenvalue weighted by molar-refractivity contribution is 6.09. The molecule has 1 fully saturated rings. The van der Waals surface area contributed by atoms with Gasteiger partial charge in [0.25, 0.3) is 0 Å². The molecule has 1 saturated heterocycles. The Hall–Kier alpha value is -4.87. The van der Waals surface area contributed by atoms with Crippen molar-refractivity contribution in [3.63, 3.8) is 0 Å². The summed E-state index contributed by atoms with van der Waals surface area (Å²) in [5.74, 6) is 0.691. The van der Waals surface area contributed by atoms with Gasteiger partial charge in [-0.3, -0.25) is 15.2 Å². The number of rotatable bonds is 6. The van der Waals surface area contributed by atoms with Crippen LogP contribution < -0.4 is 16.4 Å². The van der Waals surface area contributed by atoms with E-state index in [2.05, 4.69) is 69.6 Å². The molecule has 0 unspecified atom stereocenters. The lowest BCUT2D eigenvalue weighted by Gasteiger charge is -2.26. The minimum Gasteiger partial charge on any atom is -0.379 e. The molecular weight excluding hydrogens is 542 g/mol. The number of ether oxygens (including phenoxy) is 1. The Morgan fingerprint density at radius 3 is 2.35 bits per heavy atom. The molecule has 1 aliphatic rings. The van der Waals surface area contributed by atoms with Crippen molar-refractivity contribution in [2.75, 3.05) is 42.7 Å². The van der Waals surface area contributed by atoms with E-state index >= 15 is 0 Å². The number of carbonyl (C=O) groups excluding carboxylic acids is 1. The van der Waals surface area contributed by atoms with E-state index in [4.69, 9.17) is 15.5 Å². The van der Waals surface area contributed by atoms with Gasteiger partial charge in [0.1, 0.15) is 11.5 Å². The van der Waals surface area contributed by atoms with Crippen molar-refractivity contribution in [2.45, 2.75) is 32.7 Å². The second kappa shape index (κ2) is 11.8. The monoisotopic (exact) mass is 577 g/mol. The molecule has 1 aliphatic heterocycles. The number of nitrogens with zero attached hydrogens (tertiary/aromatic N) is 6. The third-order valence-corrected chi connectivity index (χ3v) is 7.51. The summed E-state index contributed by atoms with van der Waals surface area (Å²) < 4.78 is 7.06. The molecular formula is C32H35N9O2. The molecule has 43 heavy (non-hydrogen) atoms. The highest BCUT2D eigenvalue weighted by Crippen LogP contribution is 2.34. The highest BCUT2D eigenvalue weighted by Gasteiger charge is 2.25. The van der Waals surface area contributed by atoms with Crippen LogP contribution in [0.4, 0.5) is 22.2 Å². The first-order valence-corrected chi connectivity index (χ1v) is 14.3. The second-order valence-corrected chi connectivity index (χ2v) is 11.6. The molecule has 2 amide bonds. The molecule has 6 rings (SSSR count). The fourth-order valence-corrected chi connectivity index (χ4v) is 5.24. The van der Waals surface area contributed by atoms with Crippen LogP contribution in [0.2, 0.25) is 0 Å². The van der Waals surface area contributed by atoms with Crippen molar-refractivity contribution in [3.8, 4) is 16.8 Å². The predicted octanol–water partition coefficient (Wildman–Crippen LogP) is 5.23. The normalized spacial score (nSPS) is 14.1. The number of hydrogen-bond acceptors (Lipinski definition) is 8. The van der Waals surface area contributed by atoms with Crippen LogP contribution in [0.5, 0.6) is 0 Å². The molecule has 0 saturated carbocycles. The Morgan fingerprint density at radius 1 is 0.907 bits per heavy atom. The lowest BCUT2D eigenvalue weighted by atomic mass is 9.89. The van der Waals surface area contributed by atoms with Gasteiger partial charge in [0.15, 0.2) is 0 Å². The van der Waals surface area contributed by atoms with Crippen LogP contribution in [0.1, 0.15) is 32.0 Å². The number of nitrogen functional groups attached to an aromatic ring is 1. The fraction of sp³-hybridized carbons (Fsp3) is 0.281. The smallest absolute Gasteiger partial charge is 0.324 e. The Labute approximate surface area is 250 Å². The largest absolute Gasteiger partial charge is 0.379 e. The number of amides is 2. The first-order valence-electron chi connectivity index (χ1n) is 14.3. The molecule has 0 atom stereocenters. The van der Waals surface area contributed by atoms with Gasteiger partial charge < -0.3 is 15.8 Å². The third-order valence-electron chi connectivity index (χ3n) is 7.51. The van der Waals surface area contributed by atoms with Crippen molar-refractivity contribution < 1.29 is 9.53 Å². The maximum atomic E-state index is 13.5. The summed E-state index contributed by atoms with van der Waals surface area (Å²) in [5, 5.41) is 12.5. The van der Waals surface area contributed by atoms with Gasteiger partial charge in [-0.05, 0) is 28.5 Å². The average Bonchev–Trinajstić information content (AvgIpc) is 3.43. The van der Waals surface area contributed by atoms with Gasteiger partial charge in [0.05, 0.1) is 43.2 Å².